The maximum atomic E-state index is 8.81. The highest BCUT2D eigenvalue weighted by molar-refractivity contribution is 6.17. The Morgan fingerprint density at radius 3 is 2.62 bits per heavy atom. The van der Waals surface area contributed by atoms with Crippen LogP contribution in [0.3, 0.4) is 0 Å². The lowest BCUT2D eigenvalue weighted by Gasteiger charge is -2.03. The summed E-state index contributed by atoms with van der Waals surface area (Å²) in [6, 6.07) is 0. The van der Waals surface area contributed by atoms with Crippen LogP contribution in [0.5, 0.6) is 0 Å². The Morgan fingerprint density at radius 1 is 1.62 bits per heavy atom. The minimum absolute atomic E-state index is 0.344. The number of halogens is 1. The first kappa shape index (κ1) is 8.21. The van der Waals surface area contributed by atoms with E-state index in [4.69, 9.17) is 22.4 Å². The molecule has 8 heavy (non-hydrogen) atoms. The molecule has 3 heteroatoms. The molecule has 0 saturated carbocycles. The SMILES string of the molecule is NC[C@@H](O)CCCCl. The van der Waals surface area contributed by atoms with Crippen LogP contribution in [0.15, 0.2) is 0 Å². The van der Waals surface area contributed by atoms with Crippen molar-refractivity contribution in [2.24, 2.45) is 5.73 Å². The minimum atomic E-state index is -0.353. The predicted octanol–water partition coefficient (Wildman–Crippen LogP) is 0.325. The second-order valence-corrected chi connectivity index (χ2v) is 2.10. The highest BCUT2D eigenvalue weighted by Gasteiger charge is 1.97. The fourth-order valence-electron chi connectivity index (χ4n) is 0.431. The van der Waals surface area contributed by atoms with E-state index < -0.39 is 0 Å². The van der Waals surface area contributed by atoms with Gasteiger partial charge in [-0.2, -0.15) is 0 Å². The normalized spacial score (nSPS) is 13.9. The molecule has 0 heterocycles. The Balaban J connectivity index is 2.86. The zero-order valence-electron chi connectivity index (χ0n) is 4.81. The highest BCUT2D eigenvalue weighted by atomic mass is 35.5. The molecule has 0 unspecified atom stereocenters. The highest BCUT2D eigenvalue weighted by Crippen LogP contribution is 1.95. The summed E-state index contributed by atoms with van der Waals surface area (Å²) >= 11 is 5.35. The summed E-state index contributed by atoms with van der Waals surface area (Å²) in [6.45, 7) is 0.344. The van der Waals surface area contributed by atoms with Crippen LogP contribution in [-0.4, -0.2) is 23.6 Å². The first-order valence-corrected chi connectivity index (χ1v) is 3.28. The minimum Gasteiger partial charge on any atom is -0.392 e. The fourth-order valence-corrected chi connectivity index (χ4v) is 0.585. The van der Waals surface area contributed by atoms with E-state index in [2.05, 4.69) is 0 Å². The molecule has 0 fully saturated rings. The number of aliphatic hydroxyl groups excluding tert-OH is 1. The van der Waals surface area contributed by atoms with E-state index in [-0.39, 0.29) is 6.10 Å². The van der Waals surface area contributed by atoms with Crippen molar-refractivity contribution in [3.63, 3.8) is 0 Å². The monoisotopic (exact) mass is 137 g/mol. The van der Waals surface area contributed by atoms with Gasteiger partial charge < -0.3 is 10.8 Å². The van der Waals surface area contributed by atoms with E-state index >= 15 is 0 Å². The summed E-state index contributed by atoms with van der Waals surface area (Å²) in [5.74, 6) is 0.608. The van der Waals surface area contributed by atoms with Gasteiger partial charge in [-0.15, -0.1) is 11.6 Å². The Kier molecular flexibility index (Phi) is 5.49. The van der Waals surface area contributed by atoms with Gasteiger partial charge in [-0.3, -0.25) is 0 Å². The summed E-state index contributed by atoms with van der Waals surface area (Å²) in [5.41, 5.74) is 5.12. The van der Waals surface area contributed by atoms with Crippen LogP contribution in [0.4, 0.5) is 0 Å². The second kappa shape index (κ2) is 5.35. The van der Waals surface area contributed by atoms with Crippen LogP contribution in [0.25, 0.3) is 0 Å². The number of hydrogen-bond acceptors (Lipinski definition) is 2. The molecule has 0 saturated heterocycles. The topological polar surface area (TPSA) is 46.2 Å². The number of aliphatic hydroxyl groups is 1. The van der Waals surface area contributed by atoms with E-state index in [1.54, 1.807) is 0 Å². The van der Waals surface area contributed by atoms with Crippen molar-refractivity contribution in [3.8, 4) is 0 Å². The first-order valence-electron chi connectivity index (χ1n) is 2.75. The van der Waals surface area contributed by atoms with E-state index in [0.717, 1.165) is 12.8 Å². The molecule has 2 nitrogen and oxygen atoms in total. The van der Waals surface area contributed by atoms with Gasteiger partial charge in [-0.1, -0.05) is 0 Å². The van der Waals surface area contributed by atoms with Crippen LogP contribution >= 0.6 is 11.6 Å². The molecule has 0 aliphatic heterocycles. The van der Waals surface area contributed by atoms with Crippen LogP contribution < -0.4 is 5.73 Å². The van der Waals surface area contributed by atoms with Crippen molar-refractivity contribution in [2.75, 3.05) is 12.4 Å². The molecule has 1 atom stereocenters. The summed E-state index contributed by atoms with van der Waals surface area (Å²) in [7, 11) is 0. The molecule has 0 aromatic heterocycles. The standard InChI is InChI=1S/C5H12ClNO/c6-3-1-2-5(8)4-7/h5,8H,1-4,7H2/t5-/m0/s1. The van der Waals surface area contributed by atoms with Gasteiger partial charge in [-0.25, -0.2) is 0 Å². The third kappa shape index (κ3) is 4.37. The van der Waals surface area contributed by atoms with Crippen molar-refractivity contribution in [1.82, 2.24) is 0 Å². The lowest BCUT2D eigenvalue weighted by molar-refractivity contribution is 0.172. The van der Waals surface area contributed by atoms with E-state index in [1.165, 1.54) is 0 Å². The van der Waals surface area contributed by atoms with E-state index in [9.17, 15) is 0 Å². The zero-order valence-corrected chi connectivity index (χ0v) is 5.56. The first-order chi connectivity index (χ1) is 3.81. The van der Waals surface area contributed by atoms with E-state index in [0.29, 0.717) is 12.4 Å². The molecular weight excluding hydrogens is 126 g/mol. The van der Waals surface area contributed by atoms with Crippen LogP contribution in [0.2, 0.25) is 0 Å². The third-order valence-electron chi connectivity index (χ3n) is 0.943. The molecular formula is C5H12ClNO. The van der Waals surface area contributed by atoms with Crippen molar-refractivity contribution in [3.05, 3.63) is 0 Å². The molecule has 0 amide bonds. The van der Waals surface area contributed by atoms with E-state index in [1.807, 2.05) is 0 Å². The van der Waals surface area contributed by atoms with Gasteiger partial charge >= 0.3 is 0 Å². The molecule has 0 radical (unpaired) electrons. The molecule has 0 aliphatic rings. The van der Waals surface area contributed by atoms with Crippen LogP contribution in [0, 0.1) is 0 Å². The molecule has 0 spiro atoms. The molecule has 3 N–H and O–H groups in total. The molecule has 0 aromatic rings. The number of hydrogen-bond donors (Lipinski definition) is 2. The van der Waals surface area contributed by atoms with Gasteiger partial charge in [0.15, 0.2) is 0 Å². The lowest BCUT2D eigenvalue weighted by Crippen LogP contribution is -2.19. The molecule has 0 bridgehead atoms. The fraction of sp³-hybridized carbons (Fsp3) is 1.00. The molecule has 0 rings (SSSR count). The van der Waals surface area contributed by atoms with Gasteiger partial charge in [0.1, 0.15) is 0 Å². The van der Waals surface area contributed by atoms with Gasteiger partial charge in [0.25, 0.3) is 0 Å². The van der Waals surface area contributed by atoms with Crippen molar-refractivity contribution in [1.29, 1.82) is 0 Å². The van der Waals surface area contributed by atoms with Crippen molar-refractivity contribution >= 4 is 11.6 Å². The Morgan fingerprint density at radius 2 is 2.25 bits per heavy atom. The van der Waals surface area contributed by atoms with Crippen LogP contribution in [-0.2, 0) is 0 Å². The predicted molar refractivity (Wildman–Crippen MR) is 35.0 cm³/mol. The average molecular weight is 138 g/mol. The summed E-state index contributed by atoms with van der Waals surface area (Å²) in [4.78, 5) is 0. The molecule has 0 aromatic carbocycles. The number of nitrogens with two attached hydrogens (primary N) is 1. The largest absolute Gasteiger partial charge is 0.392 e. The van der Waals surface area contributed by atoms with Gasteiger partial charge in [0.05, 0.1) is 6.10 Å². The van der Waals surface area contributed by atoms with Crippen molar-refractivity contribution in [2.45, 2.75) is 18.9 Å². The lowest BCUT2D eigenvalue weighted by atomic mass is 10.2. The summed E-state index contributed by atoms with van der Waals surface area (Å²) in [5, 5.41) is 8.81. The number of rotatable bonds is 4. The third-order valence-corrected chi connectivity index (χ3v) is 1.21. The smallest absolute Gasteiger partial charge is 0.0662 e. The molecule has 50 valence electrons. The second-order valence-electron chi connectivity index (χ2n) is 1.72. The molecule has 0 aliphatic carbocycles. The quantitative estimate of drug-likeness (QED) is 0.549. The summed E-state index contributed by atoms with van der Waals surface area (Å²) < 4.78 is 0. The average Bonchev–Trinajstić information content (AvgIpc) is 1.83. The van der Waals surface area contributed by atoms with Gasteiger partial charge in [0.2, 0.25) is 0 Å². The number of alkyl halides is 1. The van der Waals surface area contributed by atoms with Crippen LogP contribution in [0.1, 0.15) is 12.8 Å². The Labute approximate surface area is 54.6 Å². The Bertz CT molecular complexity index is 51.7. The Hall–Kier alpha value is 0.210. The zero-order chi connectivity index (χ0) is 6.41. The van der Waals surface area contributed by atoms with Crippen molar-refractivity contribution < 1.29 is 5.11 Å². The van der Waals surface area contributed by atoms with Gasteiger partial charge in [0, 0.05) is 12.4 Å². The summed E-state index contributed by atoms with van der Waals surface area (Å²) in [6.07, 6.45) is 1.22. The maximum Gasteiger partial charge on any atom is 0.0662 e. The maximum absolute atomic E-state index is 8.81. The van der Waals surface area contributed by atoms with Gasteiger partial charge in [-0.05, 0) is 12.8 Å².